The third-order valence-corrected chi connectivity index (χ3v) is 0.662. The molecule has 11 heavy (non-hydrogen) atoms. The van der Waals surface area contributed by atoms with Gasteiger partial charge in [-0.1, -0.05) is 12.2 Å². The molecule has 0 aromatic carbocycles. The van der Waals surface area contributed by atoms with Gasteiger partial charge >= 0.3 is 20.4 Å². The van der Waals surface area contributed by atoms with Crippen LogP contribution in [0.2, 0.25) is 0 Å². The summed E-state index contributed by atoms with van der Waals surface area (Å²) in [6.45, 7) is 3.64. The molecule has 0 aliphatic heterocycles. The van der Waals surface area contributed by atoms with Crippen molar-refractivity contribution >= 4 is 5.78 Å². The zero-order valence-electron chi connectivity index (χ0n) is 7.53. The van der Waals surface area contributed by atoms with Crippen LogP contribution in [0.25, 0.3) is 0 Å². The molecule has 68 valence electrons. The Morgan fingerprint density at radius 1 is 1.00 bits per heavy atom. The van der Waals surface area contributed by atoms with E-state index in [-0.39, 0.29) is 41.1 Å². The summed E-state index contributed by atoms with van der Waals surface area (Å²) in [4.78, 5) is 10.5. The normalized spacial score (nSPS) is 8.18. The Labute approximate surface area is 84.2 Å². The van der Waals surface area contributed by atoms with Gasteiger partial charge in [-0.25, -0.2) is 0 Å². The van der Waals surface area contributed by atoms with Gasteiger partial charge in [0.2, 0.25) is 0 Å². The molecule has 0 N–H and O–H groups in total. The van der Waals surface area contributed by atoms with Crippen molar-refractivity contribution in [3.63, 3.8) is 0 Å². The van der Waals surface area contributed by atoms with E-state index in [4.69, 9.17) is 0 Å². The molecule has 0 atom stereocenters. The van der Waals surface area contributed by atoms with Gasteiger partial charge in [0, 0.05) is 0 Å². The van der Waals surface area contributed by atoms with Gasteiger partial charge in [-0.05, 0) is 26.0 Å². The van der Waals surface area contributed by atoms with Crippen LogP contribution in [0, 0.1) is 14.9 Å². The molecule has 0 radical (unpaired) electrons. The van der Waals surface area contributed by atoms with E-state index in [0.717, 1.165) is 0 Å². The summed E-state index contributed by atoms with van der Waals surface area (Å²) in [5.74, 6) is 0.0509. The number of hydrogen-bond donors (Lipinski definition) is 0. The van der Waals surface area contributed by atoms with Crippen LogP contribution >= 0.6 is 0 Å². The third-order valence-electron chi connectivity index (χ3n) is 0.662. The number of carbonyl (C=O) groups excluding carboxylic acids is 1. The van der Waals surface area contributed by atoms with Crippen molar-refractivity contribution in [1.29, 1.82) is 0 Å². The summed E-state index contributed by atoms with van der Waals surface area (Å²) < 4.78 is 0. The number of hydrogen-bond acceptors (Lipinski definition) is 1. The van der Waals surface area contributed by atoms with Crippen LogP contribution in [0.5, 0.6) is 0 Å². The van der Waals surface area contributed by atoms with Crippen molar-refractivity contribution in [1.82, 2.24) is 0 Å². The van der Waals surface area contributed by atoms with Crippen LogP contribution in [0.1, 0.15) is 13.8 Å². The van der Waals surface area contributed by atoms with Crippen LogP contribution in [0.4, 0.5) is 0 Å². The van der Waals surface area contributed by atoms with Gasteiger partial charge in [-0.3, -0.25) is 4.79 Å². The van der Waals surface area contributed by atoms with Crippen LogP contribution in [-0.2, 0) is 25.2 Å². The molecule has 0 saturated heterocycles. The summed E-state index contributed by atoms with van der Waals surface area (Å²) in [6, 6.07) is 0. The first-order chi connectivity index (χ1) is 3.81. The summed E-state index contributed by atoms with van der Waals surface area (Å²) in [5.41, 5.74) is 0. The van der Waals surface area contributed by atoms with E-state index in [1.54, 1.807) is 12.2 Å². The first-order valence-electron chi connectivity index (χ1n) is 2.60. The van der Waals surface area contributed by atoms with E-state index in [1.807, 2.05) is 13.8 Å². The molecule has 0 amide bonds. The summed E-state index contributed by atoms with van der Waals surface area (Å²) in [5, 5.41) is 0. The molecule has 0 bridgehead atoms. The molecule has 0 aliphatic rings. The minimum Gasteiger partial charge on any atom is -0.358 e. The van der Waals surface area contributed by atoms with Crippen molar-refractivity contribution in [2.75, 3.05) is 0 Å². The number of allylic oxidation sites excluding steroid dienone is 4. The molecular weight excluding hydrogens is 231 g/mol. The third kappa shape index (κ3) is 17.7. The molecule has 0 aliphatic carbocycles. The average molecular weight is 247 g/mol. The van der Waals surface area contributed by atoms with E-state index >= 15 is 0 Å². The fraction of sp³-hybridized carbons (Fsp3) is 0.222. The molecule has 0 aromatic rings. The van der Waals surface area contributed by atoms with Crippen molar-refractivity contribution in [3.8, 4) is 0 Å². The summed E-state index contributed by atoms with van der Waals surface area (Å²) in [6.07, 6.45) is 6.50. The van der Waals surface area contributed by atoms with Crippen LogP contribution in [-0.4, -0.2) is 5.78 Å². The van der Waals surface area contributed by atoms with Gasteiger partial charge in [0.05, 0.1) is 0 Å². The van der Waals surface area contributed by atoms with Crippen LogP contribution < -0.4 is 0 Å². The van der Waals surface area contributed by atoms with Gasteiger partial charge in [-0.15, -0.1) is 0 Å². The Bertz CT molecular complexity index is 112. The maximum absolute atomic E-state index is 10.5. The Hall–Kier alpha value is -0.188. The van der Waals surface area contributed by atoms with E-state index in [2.05, 4.69) is 0 Å². The van der Waals surface area contributed by atoms with Crippen LogP contribution in [0.3, 0.4) is 0 Å². The second-order valence-corrected chi connectivity index (χ2v) is 1.40. The minimum atomic E-state index is 0. The zero-order valence-corrected chi connectivity index (χ0v) is 9.09. The standard InChI is InChI=1S/C7H10O.2CH3.Pd/c1-3-5-7(8)6-4-2;;;/h3-6H,1-2H3;2*1H3;/q;2*-1;+2/b5-3+,6-4+;;;. The Balaban J connectivity index is -0.0000000817. The Morgan fingerprint density at radius 3 is 1.45 bits per heavy atom. The fourth-order valence-electron chi connectivity index (χ4n) is 0.384. The van der Waals surface area contributed by atoms with Gasteiger partial charge in [-0.2, -0.15) is 0 Å². The second kappa shape index (κ2) is 16.4. The predicted octanol–water partition coefficient (Wildman–Crippen LogP) is 2.61. The molecule has 0 rings (SSSR count). The van der Waals surface area contributed by atoms with Gasteiger partial charge in [0.1, 0.15) is 0 Å². The van der Waals surface area contributed by atoms with Crippen molar-refractivity contribution < 1.29 is 25.2 Å². The smallest absolute Gasteiger partial charge is 0.358 e. The minimum absolute atomic E-state index is 0. The van der Waals surface area contributed by atoms with E-state index in [0.29, 0.717) is 0 Å². The van der Waals surface area contributed by atoms with Crippen molar-refractivity contribution in [2.45, 2.75) is 13.8 Å². The maximum Gasteiger partial charge on any atom is 2.00 e. The summed E-state index contributed by atoms with van der Waals surface area (Å²) in [7, 11) is 0. The number of carbonyl (C=O) groups is 1. The zero-order chi connectivity index (χ0) is 6.41. The monoisotopic (exact) mass is 246 g/mol. The molecule has 0 fully saturated rings. The quantitative estimate of drug-likeness (QED) is 0.416. The molecule has 0 unspecified atom stereocenters. The van der Waals surface area contributed by atoms with Crippen molar-refractivity contribution in [3.05, 3.63) is 39.2 Å². The van der Waals surface area contributed by atoms with Gasteiger partial charge in [0.25, 0.3) is 0 Å². The average Bonchev–Trinajstić information content (AvgIpc) is 1.68. The largest absolute Gasteiger partial charge is 2.00 e. The van der Waals surface area contributed by atoms with E-state index < -0.39 is 0 Å². The first kappa shape index (κ1) is 22.4. The molecular formula is C9H16OPd. The first-order valence-corrected chi connectivity index (χ1v) is 2.60. The molecule has 0 heterocycles. The van der Waals surface area contributed by atoms with Gasteiger partial charge in [0.15, 0.2) is 5.78 Å². The molecule has 2 heteroatoms. The number of ketones is 1. The van der Waals surface area contributed by atoms with E-state index in [9.17, 15) is 4.79 Å². The Kier molecular flexibility index (Phi) is 33.5. The number of rotatable bonds is 2. The fourth-order valence-corrected chi connectivity index (χ4v) is 0.384. The van der Waals surface area contributed by atoms with Gasteiger partial charge < -0.3 is 14.9 Å². The van der Waals surface area contributed by atoms with Crippen molar-refractivity contribution in [2.24, 2.45) is 0 Å². The molecule has 0 saturated carbocycles. The predicted molar refractivity (Wildman–Crippen MR) is 47.5 cm³/mol. The molecule has 0 spiro atoms. The molecule has 0 aromatic heterocycles. The second-order valence-electron chi connectivity index (χ2n) is 1.40. The van der Waals surface area contributed by atoms with Crippen LogP contribution in [0.15, 0.2) is 24.3 Å². The maximum atomic E-state index is 10.5. The molecule has 1 nitrogen and oxygen atoms in total. The van der Waals surface area contributed by atoms with E-state index in [1.165, 1.54) is 12.2 Å². The Morgan fingerprint density at radius 2 is 1.27 bits per heavy atom. The topological polar surface area (TPSA) is 17.1 Å². The SMILES string of the molecule is C/C=C/C(=O)/C=C/C.[CH3-].[CH3-].[Pd+2]. The summed E-state index contributed by atoms with van der Waals surface area (Å²) >= 11 is 0.